The molecule has 1 aliphatic rings. The fraction of sp³-hybridized carbons (Fsp3) is 0.200. The van der Waals surface area contributed by atoms with Gasteiger partial charge in [-0.05, 0) is 47.2 Å². The molecule has 26 heavy (non-hydrogen) atoms. The summed E-state index contributed by atoms with van der Waals surface area (Å²) in [6.45, 7) is 1.37. The largest absolute Gasteiger partial charge is 0.336 e. The molecule has 1 aliphatic heterocycles. The molecular weight excluding hydrogens is 328 g/mol. The summed E-state index contributed by atoms with van der Waals surface area (Å²) in [5, 5.41) is 10.6. The molecule has 6 heteroatoms. The number of hydrogen-bond donors (Lipinski definition) is 4. The molecule has 0 saturated heterocycles. The Morgan fingerprint density at radius 2 is 1.96 bits per heavy atom. The molecule has 0 radical (unpaired) electrons. The average molecular weight is 348 g/mol. The minimum Gasteiger partial charge on any atom is -0.336 e. The van der Waals surface area contributed by atoms with Crippen LogP contribution in [0, 0.1) is 0 Å². The van der Waals surface area contributed by atoms with Gasteiger partial charge >= 0.3 is 6.03 Å². The molecule has 4 N–H and O–H groups in total. The van der Waals surface area contributed by atoms with Crippen LogP contribution in [0.25, 0.3) is 10.8 Å². The van der Waals surface area contributed by atoms with Crippen molar-refractivity contribution in [1.29, 1.82) is 0 Å². The van der Waals surface area contributed by atoms with Crippen LogP contribution in [0.2, 0.25) is 0 Å². The second kappa shape index (κ2) is 7.01. The van der Waals surface area contributed by atoms with E-state index in [1.165, 1.54) is 11.1 Å². The van der Waals surface area contributed by atoms with E-state index in [1.54, 1.807) is 24.4 Å². The van der Waals surface area contributed by atoms with Gasteiger partial charge in [0.05, 0.1) is 0 Å². The van der Waals surface area contributed by atoms with Gasteiger partial charge in [0.1, 0.15) is 0 Å². The third kappa shape index (κ3) is 3.45. The molecule has 0 bridgehead atoms. The molecular formula is C20H20N4O2. The number of carbonyl (C=O) groups is 1. The first kappa shape index (κ1) is 16.4. The van der Waals surface area contributed by atoms with Crippen LogP contribution in [-0.4, -0.2) is 23.6 Å². The minimum atomic E-state index is -0.255. The second-order valence-electron chi connectivity index (χ2n) is 6.49. The molecule has 1 atom stereocenters. The van der Waals surface area contributed by atoms with E-state index in [-0.39, 0.29) is 17.6 Å². The zero-order valence-corrected chi connectivity index (χ0v) is 14.2. The smallest absolute Gasteiger partial charge is 0.319 e. The molecule has 2 amide bonds. The van der Waals surface area contributed by atoms with E-state index in [9.17, 15) is 9.59 Å². The SMILES string of the molecule is O=C(NCC1Cc2ccccc2CN1)Nc1ccc2c(=O)[nH]ccc2c1. The Labute approximate surface area is 150 Å². The zero-order valence-electron chi connectivity index (χ0n) is 14.2. The summed E-state index contributed by atoms with van der Waals surface area (Å²) < 4.78 is 0. The highest BCUT2D eigenvalue weighted by atomic mass is 16.2. The lowest BCUT2D eigenvalue weighted by Crippen LogP contribution is -2.45. The maximum absolute atomic E-state index is 12.2. The molecule has 2 heterocycles. The first-order valence-electron chi connectivity index (χ1n) is 8.65. The van der Waals surface area contributed by atoms with Crippen molar-refractivity contribution in [3.05, 3.63) is 76.2 Å². The number of benzene rings is 2. The quantitative estimate of drug-likeness (QED) is 0.586. The Kier molecular flexibility index (Phi) is 4.41. The number of amides is 2. The van der Waals surface area contributed by atoms with Crippen LogP contribution in [0.4, 0.5) is 10.5 Å². The Bertz CT molecular complexity index is 1010. The maximum Gasteiger partial charge on any atom is 0.319 e. The highest BCUT2D eigenvalue weighted by Crippen LogP contribution is 2.17. The van der Waals surface area contributed by atoms with Gasteiger partial charge in [0.25, 0.3) is 5.56 Å². The Morgan fingerprint density at radius 3 is 2.85 bits per heavy atom. The predicted molar refractivity (Wildman–Crippen MR) is 102 cm³/mol. The third-order valence-electron chi connectivity index (χ3n) is 4.71. The van der Waals surface area contributed by atoms with Crippen LogP contribution in [0.1, 0.15) is 11.1 Å². The molecule has 132 valence electrons. The number of carbonyl (C=O) groups excluding carboxylic acids is 1. The van der Waals surface area contributed by atoms with Crippen molar-refractivity contribution in [2.75, 3.05) is 11.9 Å². The fourth-order valence-electron chi connectivity index (χ4n) is 3.33. The maximum atomic E-state index is 12.2. The minimum absolute atomic E-state index is 0.137. The molecule has 3 aromatic rings. The molecule has 1 aromatic heterocycles. The molecule has 0 aliphatic carbocycles. The Hall–Kier alpha value is -3.12. The van der Waals surface area contributed by atoms with E-state index in [2.05, 4.69) is 33.1 Å². The lowest BCUT2D eigenvalue weighted by Gasteiger charge is -2.26. The molecule has 6 nitrogen and oxygen atoms in total. The second-order valence-corrected chi connectivity index (χ2v) is 6.49. The molecule has 0 spiro atoms. The van der Waals surface area contributed by atoms with Crippen molar-refractivity contribution < 1.29 is 4.79 Å². The summed E-state index contributed by atoms with van der Waals surface area (Å²) in [6.07, 6.45) is 2.50. The molecule has 0 fully saturated rings. The van der Waals surface area contributed by atoms with Gasteiger partial charge in [-0.1, -0.05) is 24.3 Å². The summed E-state index contributed by atoms with van der Waals surface area (Å²) in [7, 11) is 0. The van der Waals surface area contributed by atoms with Crippen molar-refractivity contribution in [1.82, 2.24) is 15.6 Å². The zero-order chi connectivity index (χ0) is 17.9. The van der Waals surface area contributed by atoms with Gasteiger partial charge in [0.2, 0.25) is 0 Å². The van der Waals surface area contributed by atoms with Gasteiger partial charge in [0, 0.05) is 36.4 Å². The number of nitrogens with one attached hydrogen (secondary N) is 4. The first-order valence-corrected chi connectivity index (χ1v) is 8.65. The lowest BCUT2D eigenvalue weighted by molar-refractivity contribution is 0.250. The van der Waals surface area contributed by atoms with Crippen LogP contribution in [0.5, 0.6) is 0 Å². The molecule has 2 aromatic carbocycles. The number of aromatic nitrogens is 1. The van der Waals surface area contributed by atoms with Crippen LogP contribution in [-0.2, 0) is 13.0 Å². The van der Waals surface area contributed by atoms with E-state index in [1.807, 2.05) is 18.2 Å². The molecule has 1 unspecified atom stereocenters. The number of fused-ring (bicyclic) bond motifs is 2. The first-order chi connectivity index (χ1) is 12.7. The molecule has 4 rings (SSSR count). The predicted octanol–water partition coefficient (Wildman–Crippen LogP) is 2.36. The van der Waals surface area contributed by atoms with Crippen molar-refractivity contribution >= 4 is 22.5 Å². The number of aromatic amines is 1. The Balaban J connectivity index is 1.35. The van der Waals surface area contributed by atoms with E-state index < -0.39 is 0 Å². The van der Waals surface area contributed by atoms with E-state index in [0.29, 0.717) is 17.6 Å². The standard InChI is InChI=1S/C20H20N4O2/c25-19-18-6-5-16(10-14(18)7-8-21-19)24-20(26)23-12-17-9-13-3-1-2-4-15(13)11-22-17/h1-8,10,17,22H,9,11-12H2,(H,21,25)(H2,23,24,26). The summed E-state index contributed by atoms with van der Waals surface area (Å²) in [4.78, 5) is 26.5. The average Bonchev–Trinajstić information content (AvgIpc) is 2.66. The third-order valence-corrected chi connectivity index (χ3v) is 4.71. The number of anilines is 1. The van der Waals surface area contributed by atoms with Gasteiger partial charge in [-0.3, -0.25) is 4.79 Å². The topological polar surface area (TPSA) is 86.0 Å². The monoisotopic (exact) mass is 348 g/mol. The van der Waals surface area contributed by atoms with Gasteiger partial charge in [-0.25, -0.2) is 4.79 Å². The number of hydrogen-bond acceptors (Lipinski definition) is 3. The fourth-order valence-corrected chi connectivity index (χ4v) is 3.33. The van der Waals surface area contributed by atoms with Gasteiger partial charge in [-0.2, -0.15) is 0 Å². The highest BCUT2D eigenvalue weighted by Gasteiger charge is 2.17. The summed E-state index contributed by atoms with van der Waals surface area (Å²) in [6, 6.07) is 15.4. The molecule has 0 saturated carbocycles. The van der Waals surface area contributed by atoms with Crippen LogP contribution in [0.3, 0.4) is 0 Å². The van der Waals surface area contributed by atoms with E-state index in [0.717, 1.165) is 18.4 Å². The number of rotatable bonds is 3. The van der Waals surface area contributed by atoms with Crippen LogP contribution < -0.4 is 21.5 Å². The van der Waals surface area contributed by atoms with Crippen molar-refractivity contribution in [3.8, 4) is 0 Å². The van der Waals surface area contributed by atoms with Crippen LogP contribution >= 0.6 is 0 Å². The summed E-state index contributed by atoms with van der Waals surface area (Å²) in [5.74, 6) is 0. The van der Waals surface area contributed by atoms with Crippen molar-refractivity contribution in [2.45, 2.75) is 19.0 Å². The summed E-state index contributed by atoms with van der Waals surface area (Å²) >= 11 is 0. The van der Waals surface area contributed by atoms with E-state index >= 15 is 0 Å². The van der Waals surface area contributed by atoms with Gasteiger partial charge in [-0.15, -0.1) is 0 Å². The number of H-pyrrole nitrogens is 1. The number of pyridine rings is 1. The lowest BCUT2D eigenvalue weighted by atomic mass is 9.96. The van der Waals surface area contributed by atoms with E-state index in [4.69, 9.17) is 0 Å². The van der Waals surface area contributed by atoms with Crippen molar-refractivity contribution in [3.63, 3.8) is 0 Å². The van der Waals surface area contributed by atoms with Crippen LogP contribution in [0.15, 0.2) is 59.5 Å². The number of urea groups is 1. The Morgan fingerprint density at radius 1 is 1.12 bits per heavy atom. The normalized spacial score (nSPS) is 16.1. The van der Waals surface area contributed by atoms with Gasteiger partial charge < -0.3 is 20.9 Å². The highest BCUT2D eigenvalue weighted by molar-refractivity contribution is 5.93. The summed E-state index contributed by atoms with van der Waals surface area (Å²) in [5.41, 5.74) is 3.17. The van der Waals surface area contributed by atoms with Crippen molar-refractivity contribution in [2.24, 2.45) is 0 Å². The van der Waals surface area contributed by atoms with Gasteiger partial charge in [0.15, 0.2) is 0 Å².